The highest BCUT2D eigenvalue weighted by Gasteiger charge is 2.45. The van der Waals surface area contributed by atoms with Gasteiger partial charge in [0.25, 0.3) is 0 Å². The first kappa shape index (κ1) is 12.8. The number of amides is 1. The van der Waals surface area contributed by atoms with Gasteiger partial charge in [0.1, 0.15) is 0 Å². The van der Waals surface area contributed by atoms with Crippen molar-refractivity contribution in [1.29, 1.82) is 0 Å². The van der Waals surface area contributed by atoms with Gasteiger partial charge < -0.3 is 20.1 Å². The third kappa shape index (κ3) is 2.78. The maximum atomic E-state index is 12.1. The van der Waals surface area contributed by atoms with Crippen molar-refractivity contribution in [2.24, 2.45) is 11.7 Å². The SMILES string of the molecule is CC(C)C[C@H](N)C(=O)N1CCC2(C1)OCCO2. The highest BCUT2D eigenvalue weighted by molar-refractivity contribution is 5.82. The van der Waals surface area contributed by atoms with Crippen molar-refractivity contribution in [1.82, 2.24) is 4.90 Å². The first-order valence-electron chi connectivity index (χ1n) is 6.35. The molecule has 0 radical (unpaired) electrons. The summed E-state index contributed by atoms with van der Waals surface area (Å²) in [4.78, 5) is 13.9. The smallest absolute Gasteiger partial charge is 0.239 e. The lowest BCUT2D eigenvalue weighted by Gasteiger charge is -2.24. The summed E-state index contributed by atoms with van der Waals surface area (Å²) in [5.41, 5.74) is 5.91. The van der Waals surface area contributed by atoms with Crippen LogP contribution in [0.2, 0.25) is 0 Å². The van der Waals surface area contributed by atoms with Crippen LogP contribution in [0.1, 0.15) is 26.7 Å². The molecule has 1 spiro atoms. The van der Waals surface area contributed by atoms with E-state index in [9.17, 15) is 4.79 Å². The van der Waals surface area contributed by atoms with E-state index in [4.69, 9.17) is 15.2 Å². The fourth-order valence-electron chi connectivity index (χ4n) is 2.52. The first-order chi connectivity index (χ1) is 8.02. The molecule has 2 N–H and O–H groups in total. The molecule has 0 aromatic rings. The molecule has 5 heteroatoms. The zero-order valence-corrected chi connectivity index (χ0v) is 10.6. The fraction of sp³-hybridized carbons (Fsp3) is 0.917. The van der Waals surface area contributed by atoms with Crippen LogP contribution >= 0.6 is 0 Å². The number of ether oxygens (including phenoxy) is 2. The number of hydrogen-bond acceptors (Lipinski definition) is 4. The molecular weight excluding hydrogens is 220 g/mol. The Balaban J connectivity index is 1.89. The van der Waals surface area contributed by atoms with Crippen LogP contribution in [-0.4, -0.2) is 48.9 Å². The summed E-state index contributed by atoms with van der Waals surface area (Å²) < 4.78 is 11.2. The Bertz CT molecular complexity index is 287. The Morgan fingerprint density at radius 1 is 1.41 bits per heavy atom. The van der Waals surface area contributed by atoms with Gasteiger partial charge >= 0.3 is 0 Å². The normalized spacial score (nSPS) is 24.8. The van der Waals surface area contributed by atoms with E-state index in [1.165, 1.54) is 0 Å². The predicted molar refractivity (Wildman–Crippen MR) is 63.3 cm³/mol. The minimum Gasteiger partial charge on any atom is -0.346 e. The van der Waals surface area contributed by atoms with Gasteiger partial charge in [-0.15, -0.1) is 0 Å². The second kappa shape index (κ2) is 4.92. The number of rotatable bonds is 3. The Morgan fingerprint density at radius 2 is 2.06 bits per heavy atom. The van der Waals surface area contributed by atoms with Crippen LogP contribution in [0.15, 0.2) is 0 Å². The van der Waals surface area contributed by atoms with E-state index in [0.717, 1.165) is 12.8 Å². The van der Waals surface area contributed by atoms with Crippen LogP contribution in [0, 0.1) is 5.92 Å². The molecule has 98 valence electrons. The lowest BCUT2D eigenvalue weighted by atomic mass is 10.0. The maximum absolute atomic E-state index is 12.1. The van der Waals surface area contributed by atoms with Gasteiger partial charge in [-0.25, -0.2) is 0 Å². The Labute approximate surface area is 102 Å². The third-order valence-corrected chi connectivity index (χ3v) is 3.36. The predicted octanol–water partition coefficient (Wildman–Crippen LogP) is 0.335. The number of hydrogen-bond donors (Lipinski definition) is 1. The molecule has 2 fully saturated rings. The monoisotopic (exact) mass is 242 g/mol. The highest BCUT2D eigenvalue weighted by Crippen LogP contribution is 2.30. The zero-order chi connectivity index (χ0) is 12.5. The molecule has 0 aromatic carbocycles. The minimum absolute atomic E-state index is 0.0228. The molecule has 17 heavy (non-hydrogen) atoms. The molecule has 2 aliphatic rings. The van der Waals surface area contributed by atoms with Crippen molar-refractivity contribution in [2.45, 2.75) is 38.5 Å². The van der Waals surface area contributed by atoms with E-state index in [2.05, 4.69) is 13.8 Å². The van der Waals surface area contributed by atoms with E-state index in [1.54, 1.807) is 4.90 Å². The van der Waals surface area contributed by atoms with E-state index in [0.29, 0.717) is 32.2 Å². The lowest BCUT2D eigenvalue weighted by molar-refractivity contribution is -0.153. The molecule has 2 aliphatic heterocycles. The van der Waals surface area contributed by atoms with Crippen LogP contribution in [-0.2, 0) is 14.3 Å². The van der Waals surface area contributed by atoms with Gasteiger partial charge in [-0.3, -0.25) is 4.79 Å². The molecule has 1 amide bonds. The Morgan fingerprint density at radius 3 is 2.65 bits per heavy atom. The van der Waals surface area contributed by atoms with Gasteiger partial charge in [0.15, 0.2) is 5.79 Å². The second-order valence-electron chi connectivity index (χ2n) is 5.35. The quantitative estimate of drug-likeness (QED) is 0.775. The van der Waals surface area contributed by atoms with Crippen molar-refractivity contribution >= 4 is 5.91 Å². The van der Waals surface area contributed by atoms with Crippen LogP contribution in [0.5, 0.6) is 0 Å². The second-order valence-corrected chi connectivity index (χ2v) is 5.35. The average Bonchev–Trinajstić information content (AvgIpc) is 2.88. The topological polar surface area (TPSA) is 64.8 Å². The lowest BCUT2D eigenvalue weighted by Crippen LogP contribution is -2.45. The molecule has 2 rings (SSSR count). The number of nitrogens with two attached hydrogens (primary N) is 1. The molecule has 5 nitrogen and oxygen atoms in total. The fourth-order valence-corrected chi connectivity index (χ4v) is 2.52. The largest absolute Gasteiger partial charge is 0.346 e. The number of likely N-dealkylation sites (tertiary alicyclic amines) is 1. The third-order valence-electron chi connectivity index (χ3n) is 3.36. The molecule has 0 bridgehead atoms. The molecule has 2 saturated heterocycles. The highest BCUT2D eigenvalue weighted by atomic mass is 16.7. The van der Waals surface area contributed by atoms with Crippen molar-refractivity contribution in [3.8, 4) is 0 Å². The van der Waals surface area contributed by atoms with Gasteiger partial charge in [-0.05, 0) is 12.3 Å². The van der Waals surface area contributed by atoms with Crippen molar-refractivity contribution in [2.75, 3.05) is 26.3 Å². The van der Waals surface area contributed by atoms with Crippen LogP contribution < -0.4 is 5.73 Å². The van der Waals surface area contributed by atoms with Crippen LogP contribution in [0.4, 0.5) is 0 Å². The molecular formula is C12H22N2O3. The molecule has 0 aliphatic carbocycles. The molecule has 0 aromatic heterocycles. The summed E-state index contributed by atoms with van der Waals surface area (Å²) in [7, 11) is 0. The van der Waals surface area contributed by atoms with Gasteiger partial charge in [0.2, 0.25) is 5.91 Å². The zero-order valence-electron chi connectivity index (χ0n) is 10.6. The van der Waals surface area contributed by atoms with Crippen molar-refractivity contribution < 1.29 is 14.3 Å². The van der Waals surface area contributed by atoms with E-state index in [-0.39, 0.29) is 5.91 Å². The standard InChI is InChI=1S/C12H22N2O3/c1-9(2)7-10(13)11(15)14-4-3-12(8-14)16-5-6-17-12/h9-10H,3-8,13H2,1-2H3/t10-/m0/s1. The number of carbonyl (C=O) groups excluding carboxylic acids is 1. The van der Waals surface area contributed by atoms with E-state index >= 15 is 0 Å². The number of nitrogens with zero attached hydrogens (tertiary/aromatic N) is 1. The number of carbonyl (C=O) groups is 1. The van der Waals surface area contributed by atoms with E-state index in [1.807, 2.05) is 0 Å². The summed E-state index contributed by atoms with van der Waals surface area (Å²) in [6.07, 6.45) is 1.48. The summed E-state index contributed by atoms with van der Waals surface area (Å²) in [5, 5.41) is 0. The van der Waals surface area contributed by atoms with Gasteiger partial charge in [0.05, 0.1) is 25.8 Å². The molecule has 1 atom stereocenters. The summed E-state index contributed by atoms with van der Waals surface area (Å²) >= 11 is 0. The van der Waals surface area contributed by atoms with Gasteiger partial charge in [-0.1, -0.05) is 13.8 Å². The molecule has 0 saturated carbocycles. The van der Waals surface area contributed by atoms with Crippen molar-refractivity contribution in [3.63, 3.8) is 0 Å². The maximum Gasteiger partial charge on any atom is 0.239 e. The molecule has 0 unspecified atom stereocenters. The summed E-state index contributed by atoms with van der Waals surface area (Å²) in [6.45, 7) is 6.60. The summed E-state index contributed by atoms with van der Waals surface area (Å²) in [5.74, 6) is -0.0769. The van der Waals surface area contributed by atoms with Crippen LogP contribution in [0.25, 0.3) is 0 Å². The first-order valence-corrected chi connectivity index (χ1v) is 6.35. The molecule has 2 heterocycles. The summed E-state index contributed by atoms with van der Waals surface area (Å²) in [6, 6.07) is -0.397. The van der Waals surface area contributed by atoms with Gasteiger partial charge in [-0.2, -0.15) is 0 Å². The van der Waals surface area contributed by atoms with Gasteiger partial charge in [0, 0.05) is 13.0 Å². The van der Waals surface area contributed by atoms with Crippen molar-refractivity contribution in [3.05, 3.63) is 0 Å². The Kier molecular flexibility index (Phi) is 3.70. The van der Waals surface area contributed by atoms with E-state index < -0.39 is 11.8 Å². The minimum atomic E-state index is -0.535. The van der Waals surface area contributed by atoms with Crippen LogP contribution in [0.3, 0.4) is 0 Å². The average molecular weight is 242 g/mol. The Hall–Kier alpha value is -0.650.